The maximum absolute atomic E-state index is 3.55. The number of para-hydroxylation sites is 1. The van der Waals surface area contributed by atoms with Crippen LogP contribution in [0, 0.1) is 0 Å². The van der Waals surface area contributed by atoms with Gasteiger partial charge in [-0.05, 0) is 50.0 Å². The van der Waals surface area contributed by atoms with Gasteiger partial charge in [0.2, 0.25) is 0 Å². The van der Waals surface area contributed by atoms with E-state index < -0.39 is 0 Å². The molecule has 2 N–H and O–H groups in total. The Bertz CT molecular complexity index is 529. The number of hydrogen-bond acceptors (Lipinski definition) is 3. The molecule has 0 atom stereocenters. The number of hydrogen-bond donors (Lipinski definition) is 2. The first-order valence-electron chi connectivity index (χ1n) is 6.51. The average molecular weight is 261 g/mol. The van der Waals surface area contributed by atoms with E-state index in [1.54, 1.807) is 0 Å². The molecule has 0 bridgehead atoms. The molecule has 1 aliphatic rings. The topological polar surface area (TPSA) is 29.0 Å². The zero-order valence-corrected chi connectivity index (χ0v) is 11.5. The van der Waals surface area contributed by atoms with Crippen LogP contribution in [0.4, 0.5) is 5.69 Å². The zero-order valence-electron chi connectivity index (χ0n) is 10.6. The third kappa shape index (κ3) is 2.35. The molecule has 1 aliphatic heterocycles. The molecule has 18 heavy (non-hydrogen) atoms. The van der Waals surface area contributed by atoms with Crippen LogP contribution in [0.5, 0.6) is 0 Å². The van der Waals surface area contributed by atoms with Crippen LogP contribution in [0.2, 0.25) is 0 Å². The molecule has 0 saturated carbocycles. The highest BCUT2D eigenvalue weighted by Gasteiger charge is 2.14. The Morgan fingerprint density at radius 1 is 1.28 bits per heavy atom. The number of piperidine rings is 1. The van der Waals surface area contributed by atoms with Gasteiger partial charge in [0.15, 0.2) is 0 Å². The Labute approximate surface area is 112 Å². The van der Waals surface area contributed by atoms with E-state index in [9.17, 15) is 0 Å². The first-order valence-corrected chi connectivity index (χ1v) is 7.39. The summed E-state index contributed by atoms with van der Waals surface area (Å²) < 4.78 is 5.73. The van der Waals surface area contributed by atoms with Crippen LogP contribution >= 0.6 is 11.9 Å². The minimum absolute atomic E-state index is 0.724. The number of fused-ring (bicyclic) bond motifs is 1. The van der Waals surface area contributed by atoms with Gasteiger partial charge in [0.05, 0.1) is 11.2 Å². The van der Waals surface area contributed by atoms with Crippen molar-refractivity contribution in [3.05, 3.63) is 30.5 Å². The van der Waals surface area contributed by atoms with Gasteiger partial charge in [-0.1, -0.05) is 12.1 Å². The average Bonchev–Trinajstić information content (AvgIpc) is 2.80. The van der Waals surface area contributed by atoms with Crippen molar-refractivity contribution in [3.63, 3.8) is 0 Å². The number of aryl methyl sites for hydroxylation is 1. The van der Waals surface area contributed by atoms with E-state index in [1.165, 1.54) is 29.4 Å². The molecule has 1 aromatic heterocycles. The van der Waals surface area contributed by atoms with Crippen molar-refractivity contribution >= 4 is 28.5 Å². The Balaban J connectivity index is 1.75. The third-order valence-corrected chi connectivity index (χ3v) is 4.66. The lowest BCUT2D eigenvalue weighted by Gasteiger charge is -2.22. The quantitative estimate of drug-likeness (QED) is 0.832. The van der Waals surface area contributed by atoms with Gasteiger partial charge in [0, 0.05) is 23.9 Å². The summed E-state index contributed by atoms with van der Waals surface area (Å²) in [5.41, 5.74) is 2.52. The monoisotopic (exact) mass is 261 g/mol. The van der Waals surface area contributed by atoms with Crippen LogP contribution in [0.1, 0.15) is 12.8 Å². The van der Waals surface area contributed by atoms with Gasteiger partial charge in [0.1, 0.15) is 0 Å². The maximum atomic E-state index is 3.55. The number of aromatic nitrogens is 1. The highest BCUT2D eigenvalue weighted by atomic mass is 32.2. The molecule has 0 radical (unpaired) electrons. The molecular weight excluding hydrogens is 242 g/mol. The van der Waals surface area contributed by atoms with Crippen molar-refractivity contribution in [1.82, 2.24) is 9.88 Å². The molecule has 2 aromatic rings. The van der Waals surface area contributed by atoms with Gasteiger partial charge in [-0.15, -0.1) is 0 Å². The maximum Gasteiger partial charge on any atom is 0.0721 e. The van der Waals surface area contributed by atoms with Crippen molar-refractivity contribution in [1.29, 1.82) is 0 Å². The largest absolute Gasteiger partial charge is 0.349 e. The molecule has 0 unspecified atom stereocenters. The summed E-state index contributed by atoms with van der Waals surface area (Å²) in [4.78, 5) is 0. The van der Waals surface area contributed by atoms with Crippen LogP contribution in [0.25, 0.3) is 10.9 Å². The zero-order chi connectivity index (χ0) is 12.4. The van der Waals surface area contributed by atoms with E-state index in [2.05, 4.69) is 52.1 Å². The van der Waals surface area contributed by atoms with Gasteiger partial charge in [-0.3, -0.25) is 0 Å². The molecule has 1 aromatic carbocycles. The molecule has 4 heteroatoms. The van der Waals surface area contributed by atoms with E-state index in [0.717, 1.165) is 18.3 Å². The minimum atomic E-state index is 0.724. The van der Waals surface area contributed by atoms with Crippen LogP contribution in [-0.2, 0) is 7.05 Å². The van der Waals surface area contributed by atoms with Gasteiger partial charge >= 0.3 is 0 Å². The molecule has 1 saturated heterocycles. The van der Waals surface area contributed by atoms with Crippen LogP contribution in [0.3, 0.4) is 0 Å². The predicted molar refractivity (Wildman–Crippen MR) is 80.0 cm³/mol. The van der Waals surface area contributed by atoms with Crippen molar-refractivity contribution in [2.45, 2.75) is 18.1 Å². The summed E-state index contributed by atoms with van der Waals surface area (Å²) in [5, 5.41) is 5.43. The molecule has 2 heterocycles. The van der Waals surface area contributed by atoms with Gasteiger partial charge in [-0.25, -0.2) is 0 Å². The van der Waals surface area contributed by atoms with Crippen molar-refractivity contribution < 1.29 is 0 Å². The summed E-state index contributed by atoms with van der Waals surface area (Å²) in [5.74, 6) is 0. The molecule has 3 nitrogen and oxygen atoms in total. The van der Waals surface area contributed by atoms with Crippen molar-refractivity contribution in [2.24, 2.45) is 7.05 Å². The highest BCUT2D eigenvalue weighted by molar-refractivity contribution is 8.01. The molecule has 96 valence electrons. The Hall–Kier alpha value is -1.13. The van der Waals surface area contributed by atoms with E-state index in [1.807, 2.05) is 11.9 Å². The van der Waals surface area contributed by atoms with E-state index in [-0.39, 0.29) is 0 Å². The van der Waals surface area contributed by atoms with Crippen molar-refractivity contribution in [3.8, 4) is 0 Å². The Morgan fingerprint density at radius 2 is 2.11 bits per heavy atom. The highest BCUT2D eigenvalue weighted by Crippen LogP contribution is 2.28. The van der Waals surface area contributed by atoms with Crippen LogP contribution in [-0.4, -0.2) is 22.9 Å². The molecular formula is C14H19N3S. The first kappa shape index (κ1) is 11.9. The van der Waals surface area contributed by atoms with E-state index >= 15 is 0 Å². The third-order valence-electron chi connectivity index (χ3n) is 3.52. The van der Waals surface area contributed by atoms with Gasteiger partial charge in [-0.2, -0.15) is 0 Å². The standard InChI is InChI=1S/C14H19N3S/c1-17-10-7-11-3-2-4-13(14(11)17)16-18-12-5-8-15-9-6-12/h2-4,7,10,12,15-16H,5-6,8-9H2,1H3. The van der Waals surface area contributed by atoms with Crippen LogP contribution in [0.15, 0.2) is 30.5 Å². The Morgan fingerprint density at radius 3 is 2.94 bits per heavy atom. The second kappa shape index (κ2) is 5.24. The molecule has 0 amide bonds. The SMILES string of the molecule is Cn1ccc2cccc(NSC3CCNCC3)c21. The second-order valence-electron chi connectivity index (χ2n) is 4.84. The summed E-state index contributed by atoms with van der Waals surface area (Å²) in [6.07, 6.45) is 4.62. The lowest BCUT2D eigenvalue weighted by Crippen LogP contribution is -2.29. The van der Waals surface area contributed by atoms with E-state index in [4.69, 9.17) is 0 Å². The summed E-state index contributed by atoms with van der Waals surface area (Å²) in [6.45, 7) is 2.29. The lowest BCUT2D eigenvalue weighted by molar-refractivity contribution is 0.532. The smallest absolute Gasteiger partial charge is 0.0721 e. The fourth-order valence-electron chi connectivity index (χ4n) is 2.50. The second-order valence-corrected chi connectivity index (χ2v) is 5.95. The molecule has 0 aliphatic carbocycles. The summed E-state index contributed by atoms with van der Waals surface area (Å²) in [7, 11) is 2.10. The van der Waals surface area contributed by atoms with Gasteiger partial charge in [0.25, 0.3) is 0 Å². The van der Waals surface area contributed by atoms with Gasteiger partial charge < -0.3 is 14.6 Å². The molecule has 1 fully saturated rings. The summed E-state index contributed by atoms with van der Waals surface area (Å²) >= 11 is 1.87. The minimum Gasteiger partial charge on any atom is -0.349 e. The normalized spacial score (nSPS) is 17.2. The summed E-state index contributed by atoms with van der Waals surface area (Å²) in [6, 6.07) is 8.61. The number of nitrogens with zero attached hydrogens (tertiary/aromatic N) is 1. The first-order chi connectivity index (χ1) is 8.84. The number of benzene rings is 1. The fraction of sp³-hybridized carbons (Fsp3) is 0.429. The Kier molecular flexibility index (Phi) is 3.48. The number of anilines is 1. The lowest BCUT2D eigenvalue weighted by atomic mass is 10.2. The van der Waals surface area contributed by atoms with Crippen LogP contribution < -0.4 is 10.0 Å². The van der Waals surface area contributed by atoms with E-state index in [0.29, 0.717) is 0 Å². The number of rotatable bonds is 3. The van der Waals surface area contributed by atoms with Crippen molar-refractivity contribution in [2.75, 3.05) is 17.8 Å². The number of nitrogens with one attached hydrogen (secondary N) is 2. The molecule has 3 rings (SSSR count). The molecule has 0 spiro atoms. The predicted octanol–water partition coefficient (Wildman–Crippen LogP) is 2.99. The fourth-order valence-corrected chi connectivity index (χ4v) is 3.43.